The van der Waals surface area contributed by atoms with E-state index in [1.165, 1.54) is 51.4 Å². The van der Waals surface area contributed by atoms with Crippen LogP contribution in [0.4, 0.5) is 0 Å². The Kier molecular flexibility index (Phi) is 14.7. The van der Waals surface area contributed by atoms with E-state index in [0.717, 1.165) is 19.3 Å². The van der Waals surface area contributed by atoms with Gasteiger partial charge in [-0.25, -0.2) is 4.79 Å². The van der Waals surface area contributed by atoms with Crippen LogP contribution in [0, 0.1) is 0 Å². The molecule has 0 radical (unpaired) electrons. The smallest absolute Gasteiger partial charge is 0.328 e. The number of aliphatic hydroxyl groups is 1. The summed E-state index contributed by atoms with van der Waals surface area (Å²) in [7, 11) is 0. The molecular formula is C19H37NO4. The predicted molar refractivity (Wildman–Crippen MR) is 96.9 cm³/mol. The van der Waals surface area contributed by atoms with Gasteiger partial charge in [-0.05, 0) is 12.8 Å². The van der Waals surface area contributed by atoms with Gasteiger partial charge in [0.1, 0.15) is 0 Å². The molecule has 0 aromatic rings. The van der Waals surface area contributed by atoms with Gasteiger partial charge in [-0.2, -0.15) is 0 Å². The fraction of sp³-hybridized carbons (Fsp3) is 0.895. The summed E-state index contributed by atoms with van der Waals surface area (Å²) in [4.78, 5) is 22.8. The van der Waals surface area contributed by atoms with Crippen molar-refractivity contribution in [3.05, 3.63) is 0 Å². The lowest BCUT2D eigenvalue weighted by Crippen LogP contribution is -2.48. The topological polar surface area (TPSA) is 86.6 Å². The maximum atomic E-state index is 11.8. The molecule has 0 aliphatic heterocycles. The summed E-state index contributed by atoms with van der Waals surface area (Å²) in [6.07, 6.45) is 12.9. The van der Waals surface area contributed by atoms with Crippen molar-refractivity contribution >= 4 is 11.9 Å². The summed E-state index contributed by atoms with van der Waals surface area (Å²) in [5.74, 6) is -1.47. The van der Waals surface area contributed by atoms with Crippen molar-refractivity contribution in [2.75, 3.05) is 0 Å². The maximum absolute atomic E-state index is 11.8. The zero-order valence-corrected chi connectivity index (χ0v) is 15.6. The zero-order valence-electron chi connectivity index (χ0n) is 15.6. The van der Waals surface area contributed by atoms with Gasteiger partial charge in [0.2, 0.25) is 5.91 Å². The second kappa shape index (κ2) is 15.4. The number of carboxylic acids is 1. The van der Waals surface area contributed by atoms with Gasteiger partial charge in [0.05, 0.1) is 6.10 Å². The number of hydrogen-bond acceptors (Lipinski definition) is 3. The van der Waals surface area contributed by atoms with E-state index in [0.29, 0.717) is 12.8 Å². The maximum Gasteiger partial charge on any atom is 0.328 e. The van der Waals surface area contributed by atoms with Crippen molar-refractivity contribution in [2.24, 2.45) is 0 Å². The van der Waals surface area contributed by atoms with E-state index in [9.17, 15) is 14.7 Å². The molecule has 0 bridgehead atoms. The van der Waals surface area contributed by atoms with Crippen LogP contribution >= 0.6 is 0 Å². The minimum Gasteiger partial charge on any atom is -0.480 e. The molecule has 2 unspecified atom stereocenters. The van der Waals surface area contributed by atoms with Crippen LogP contribution in [0.15, 0.2) is 0 Å². The number of nitrogens with one attached hydrogen (secondary N) is 1. The third-order valence-corrected chi connectivity index (χ3v) is 4.39. The van der Waals surface area contributed by atoms with Gasteiger partial charge >= 0.3 is 5.97 Å². The molecule has 3 N–H and O–H groups in total. The lowest BCUT2D eigenvalue weighted by Gasteiger charge is -2.19. The number of carbonyl (C=O) groups excluding carboxylic acids is 1. The summed E-state index contributed by atoms with van der Waals surface area (Å²) in [6, 6.07) is -1.20. The summed E-state index contributed by atoms with van der Waals surface area (Å²) in [5.41, 5.74) is 0. The normalized spacial score (nSPS) is 13.5. The third kappa shape index (κ3) is 12.3. The third-order valence-electron chi connectivity index (χ3n) is 4.39. The second-order valence-electron chi connectivity index (χ2n) is 6.64. The molecule has 5 nitrogen and oxygen atoms in total. The van der Waals surface area contributed by atoms with E-state index in [1.807, 2.05) is 0 Å². The molecule has 2 atom stereocenters. The Labute approximate surface area is 147 Å². The van der Waals surface area contributed by atoms with Crippen LogP contribution in [-0.4, -0.2) is 34.2 Å². The Balaban J connectivity index is 3.56. The van der Waals surface area contributed by atoms with E-state index < -0.39 is 18.1 Å². The second-order valence-corrected chi connectivity index (χ2v) is 6.64. The molecule has 0 rings (SSSR count). The molecule has 0 aromatic carbocycles. The van der Waals surface area contributed by atoms with Gasteiger partial charge in [-0.15, -0.1) is 0 Å². The summed E-state index contributed by atoms with van der Waals surface area (Å²) in [5, 5.41) is 21.0. The molecule has 0 aliphatic rings. The summed E-state index contributed by atoms with van der Waals surface area (Å²) < 4.78 is 0. The van der Waals surface area contributed by atoms with Gasteiger partial charge in [0, 0.05) is 6.42 Å². The highest BCUT2D eigenvalue weighted by Gasteiger charge is 2.26. The standard InChI is InChI=1S/C19H37NO4/c1-3-5-6-7-8-9-10-11-12-13-14-15-17(22)20-18(19(23)24)16(21)4-2/h16,18,21H,3-15H2,1-2H3,(H,20,22)(H,23,24). The first-order valence-corrected chi connectivity index (χ1v) is 9.73. The summed E-state index contributed by atoms with van der Waals surface area (Å²) in [6.45, 7) is 3.92. The number of carboxylic acid groups (broad SMARTS) is 1. The molecule has 0 saturated carbocycles. The van der Waals surface area contributed by atoms with Crippen LogP contribution in [-0.2, 0) is 9.59 Å². The Morgan fingerprint density at radius 1 is 0.833 bits per heavy atom. The Morgan fingerprint density at radius 2 is 1.29 bits per heavy atom. The molecule has 24 heavy (non-hydrogen) atoms. The van der Waals surface area contributed by atoms with E-state index in [2.05, 4.69) is 12.2 Å². The van der Waals surface area contributed by atoms with Crippen LogP contribution in [0.2, 0.25) is 0 Å². The Hall–Kier alpha value is -1.10. The molecule has 0 aromatic heterocycles. The number of aliphatic carboxylic acids is 1. The number of aliphatic hydroxyl groups excluding tert-OH is 1. The molecule has 0 spiro atoms. The number of amides is 1. The average Bonchev–Trinajstić information content (AvgIpc) is 2.56. The quantitative estimate of drug-likeness (QED) is 0.369. The van der Waals surface area contributed by atoms with E-state index in [1.54, 1.807) is 6.92 Å². The van der Waals surface area contributed by atoms with Crippen LogP contribution in [0.1, 0.15) is 97.3 Å². The van der Waals surface area contributed by atoms with Crippen molar-refractivity contribution in [2.45, 2.75) is 109 Å². The molecular weight excluding hydrogens is 306 g/mol. The highest BCUT2D eigenvalue weighted by molar-refractivity contribution is 5.83. The van der Waals surface area contributed by atoms with E-state index in [4.69, 9.17) is 5.11 Å². The van der Waals surface area contributed by atoms with Gasteiger partial charge in [-0.3, -0.25) is 4.79 Å². The number of hydrogen-bond donors (Lipinski definition) is 3. The first-order chi connectivity index (χ1) is 11.5. The van der Waals surface area contributed by atoms with Crippen LogP contribution in [0.3, 0.4) is 0 Å². The number of unbranched alkanes of at least 4 members (excludes halogenated alkanes) is 10. The molecule has 1 amide bonds. The Bertz CT molecular complexity index is 333. The molecule has 0 fully saturated rings. The Morgan fingerprint density at radius 3 is 1.71 bits per heavy atom. The van der Waals surface area contributed by atoms with Gasteiger partial charge in [0.25, 0.3) is 0 Å². The van der Waals surface area contributed by atoms with Gasteiger partial charge in [-0.1, -0.05) is 78.1 Å². The number of carbonyl (C=O) groups is 2. The molecule has 0 heterocycles. The molecule has 142 valence electrons. The highest BCUT2D eigenvalue weighted by Crippen LogP contribution is 2.12. The van der Waals surface area contributed by atoms with Crippen molar-refractivity contribution in [1.29, 1.82) is 0 Å². The fourth-order valence-corrected chi connectivity index (χ4v) is 2.75. The van der Waals surface area contributed by atoms with Crippen LogP contribution in [0.25, 0.3) is 0 Å². The molecule has 0 saturated heterocycles. The van der Waals surface area contributed by atoms with Crippen LogP contribution in [0.5, 0.6) is 0 Å². The fourth-order valence-electron chi connectivity index (χ4n) is 2.75. The first-order valence-electron chi connectivity index (χ1n) is 9.73. The minimum absolute atomic E-state index is 0.286. The SMILES string of the molecule is CCCCCCCCCCCCCC(=O)NC(C(=O)O)C(O)CC. The highest BCUT2D eigenvalue weighted by atomic mass is 16.4. The van der Waals surface area contributed by atoms with Gasteiger partial charge in [0.15, 0.2) is 6.04 Å². The van der Waals surface area contributed by atoms with E-state index in [-0.39, 0.29) is 5.91 Å². The lowest BCUT2D eigenvalue weighted by atomic mass is 10.0. The molecule has 0 aliphatic carbocycles. The zero-order chi connectivity index (χ0) is 18.2. The van der Waals surface area contributed by atoms with E-state index >= 15 is 0 Å². The van der Waals surface area contributed by atoms with Crippen molar-refractivity contribution < 1.29 is 19.8 Å². The van der Waals surface area contributed by atoms with Crippen molar-refractivity contribution in [1.82, 2.24) is 5.32 Å². The monoisotopic (exact) mass is 343 g/mol. The van der Waals surface area contributed by atoms with Gasteiger partial charge < -0.3 is 15.5 Å². The molecule has 5 heteroatoms. The number of rotatable bonds is 16. The predicted octanol–water partition coefficient (Wildman–Crippen LogP) is 4.03. The largest absolute Gasteiger partial charge is 0.480 e. The average molecular weight is 344 g/mol. The summed E-state index contributed by atoms with van der Waals surface area (Å²) >= 11 is 0. The van der Waals surface area contributed by atoms with Crippen LogP contribution < -0.4 is 5.32 Å². The van der Waals surface area contributed by atoms with Crippen molar-refractivity contribution in [3.63, 3.8) is 0 Å². The minimum atomic E-state index is -1.20. The lowest BCUT2D eigenvalue weighted by molar-refractivity contribution is -0.145. The first kappa shape index (κ1) is 22.9. The van der Waals surface area contributed by atoms with Crippen molar-refractivity contribution in [3.8, 4) is 0 Å².